The summed E-state index contributed by atoms with van der Waals surface area (Å²) in [6.07, 6.45) is 3.44. The van der Waals surface area contributed by atoms with Crippen LogP contribution < -0.4 is 4.74 Å². The molecule has 16 heavy (non-hydrogen) atoms. The van der Waals surface area contributed by atoms with E-state index < -0.39 is 0 Å². The van der Waals surface area contributed by atoms with Gasteiger partial charge >= 0.3 is 0 Å². The summed E-state index contributed by atoms with van der Waals surface area (Å²) in [4.78, 5) is 0. The van der Waals surface area contributed by atoms with Crippen molar-refractivity contribution in [2.45, 2.75) is 45.6 Å². The number of aliphatic hydroxyl groups excluding tert-OH is 1. The van der Waals surface area contributed by atoms with Gasteiger partial charge in [0.1, 0.15) is 5.75 Å². The maximum absolute atomic E-state index is 9.69. The highest BCUT2D eigenvalue weighted by Crippen LogP contribution is 2.20. The maximum Gasteiger partial charge on any atom is 0.122 e. The summed E-state index contributed by atoms with van der Waals surface area (Å²) in [5, 5.41) is 9.69. The van der Waals surface area contributed by atoms with Crippen LogP contribution in [0.1, 0.15) is 38.7 Å². The molecule has 1 rings (SSSR count). The molecule has 1 N–H and O–H groups in total. The first-order valence-electron chi connectivity index (χ1n) is 6.16. The van der Waals surface area contributed by atoms with E-state index in [2.05, 4.69) is 13.0 Å². The van der Waals surface area contributed by atoms with E-state index in [-0.39, 0.29) is 6.10 Å². The molecular weight excluding hydrogens is 200 g/mol. The fourth-order valence-corrected chi connectivity index (χ4v) is 1.81. The van der Waals surface area contributed by atoms with Crippen LogP contribution in [0.5, 0.6) is 5.75 Å². The molecule has 0 saturated heterocycles. The fourth-order valence-electron chi connectivity index (χ4n) is 1.81. The van der Waals surface area contributed by atoms with Crippen LogP contribution in [0.4, 0.5) is 0 Å². The molecule has 0 aliphatic heterocycles. The van der Waals surface area contributed by atoms with Crippen LogP contribution in [0.3, 0.4) is 0 Å². The number of para-hydroxylation sites is 1. The second-order valence-corrected chi connectivity index (χ2v) is 4.02. The Balaban J connectivity index is 2.52. The maximum atomic E-state index is 9.69. The molecule has 1 aromatic rings. The average Bonchev–Trinajstić information content (AvgIpc) is 2.29. The number of rotatable bonds is 7. The molecule has 1 atom stereocenters. The molecule has 90 valence electrons. The predicted molar refractivity (Wildman–Crippen MR) is 66.8 cm³/mol. The van der Waals surface area contributed by atoms with Gasteiger partial charge in [-0.2, -0.15) is 0 Å². The second-order valence-electron chi connectivity index (χ2n) is 4.02. The summed E-state index contributed by atoms with van der Waals surface area (Å²) < 4.78 is 5.55. The number of aliphatic hydroxyl groups is 1. The van der Waals surface area contributed by atoms with Crippen molar-refractivity contribution < 1.29 is 9.84 Å². The summed E-state index contributed by atoms with van der Waals surface area (Å²) >= 11 is 0. The molecule has 2 heteroatoms. The average molecular weight is 222 g/mol. The molecule has 0 fully saturated rings. The molecular formula is C14H22O2. The van der Waals surface area contributed by atoms with E-state index in [4.69, 9.17) is 4.74 Å². The van der Waals surface area contributed by atoms with Crippen molar-refractivity contribution >= 4 is 0 Å². The molecule has 0 spiro atoms. The van der Waals surface area contributed by atoms with Crippen LogP contribution in [0.2, 0.25) is 0 Å². The predicted octanol–water partition coefficient (Wildman–Crippen LogP) is 3.18. The van der Waals surface area contributed by atoms with E-state index >= 15 is 0 Å². The molecule has 0 aromatic heterocycles. The zero-order valence-electron chi connectivity index (χ0n) is 10.3. The van der Waals surface area contributed by atoms with Crippen molar-refractivity contribution in [2.75, 3.05) is 6.61 Å². The summed E-state index contributed by atoms with van der Waals surface area (Å²) in [5.41, 5.74) is 1.19. The second kappa shape index (κ2) is 7.29. The first-order valence-corrected chi connectivity index (χ1v) is 6.16. The van der Waals surface area contributed by atoms with E-state index in [9.17, 15) is 5.11 Å². The summed E-state index contributed by atoms with van der Waals surface area (Å²) in [7, 11) is 0. The van der Waals surface area contributed by atoms with Crippen molar-refractivity contribution in [1.29, 1.82) is 0 Å². The highest BCUT2D eigenvalue weighted by Gasteiger charge is 2.06. The highest BCUT2D eigenvalue weighted by molar-refractivity contribution is 5.33. The van der Waals surface area contributed by atoms with Crippen LogP contribution in [0, 0.1) is 0 Å². The molecule has 0 amide bonds. The van der Waals surface area contributed by atoms with Gasteiger partial charge in [0.25, 0.3) is 0 Å². The van der Waals surface area contributed by atoms with Crippen LogP contribution in [0.25, 0.3) is 0 Å². The number of hydrogen-bond donors (Lipinski definition) is 1. The van der Waals surface area contributed by atoms with Crippen molar-refractivity contribution in [3.05, 3.63) is 29.8 Å². The topological polar surface area (TPSA) is 29.5 Å². The lowest BCUT2D eigenvalue weighted by atomic mass is 10.0. The molecule has 0 heterocycles. The molecule has 0 bridgehead atoms. The molecule has 0 saturated carbocycles. The number of hydrogen-bond acceptors (Lipinski definition) is 2. The smallest absolute Gasteiger partial charge is 0.122 e. The molecule has 0 radical (unpaired) electrons. The molecule has 1 aromatic carbocycles. The van der Waals surface area contributed by atoms with E-state index in [1.165, 1.54) is 5.56 Å². The van der Waals surface area contributed by atoms with Gasteiger partial charge in [0.05, 0.1) is 12.7 Å². The van der Waals surface area contributed by atoms with Crippen molar-refractivity contribution in [1.82, 2.24) is 0 Å². The summed E-state index contributed by atoms with van der Waals surface area (Å²) in [6.45, 7) is 4.77. The highest BCUT2D eigenvalue weighted by atomic mass is 16.5. The lowest BCUT2D eigenvalue weighted by Crippen LogP contribution is -2.07. The normalized spacial score (nSPS) is 12.4. The summed E-state index contributed by atoms with van der Waals surface area (Å²) in [5.74, 6) is 0.952. The third kappa shape index (κ3) is 4.23. The van der Waals surface area contributed by atoms with Gasteiger partial charge in [-0.15, -0.1) is 0 Å². The Kier molecular flexibility index (Phi) is 5.94. The largest absolute Gasteiger partial charge is 0.494 e. The Hall–Kier alpha value is -1.02. The molecule has 0 aliphatic carbocycles. The van der Waals surface area contributed by atoms with Crippen molar-refractivity contribution in [2.24, 2.45) is 0 Å². The number of benzene rings is 1. The Bertz CT molecular complexity index is 297. The monoisotopic (exact) mass is 222 g/mol. The first kappa shape index (κ1) is 13.0. The molecule has 0 aliphatic rings. The standard InChI is InChI=1S/C14H22O2/c1-3-7-13(15)11-10-12-8-5-6-9-14(12)16-4-2/h5-6,8-9,13,15H,3-4,7,10-11H2,1-2H3. The van der Waals surface area contributed by atoms with E-state index in [1.807, 2.05) is 25.1 Å². The summed E-state index contributed by atoms with van der Waals surface area (Å²) in [6, 6.07) is 8.07. The van der Waals surface area contributed by atoms with Crippen molar-refractivity contribution in [3.63, 3.8) is 0 Å². The van der Waals surface area contributed by atoms with E-state index in [1.54, 1.807) is 0 Å². The lowest BCUT2D eigenvalue weighted by molar-refractivity contribution is 0.153. The number of aryl methyl sites for hydroxylation is 1. The van der Waals surface area contributed by atoms with Crippen LogP contribution >= 0.6 is 0 Å². The van der Waals surface area contributed by atoms with Gasteiger partial charge < -0.3 is 9.84 Å². The minimum atomic E-state index is -0.181. The third-order valence-corrected chi connectivity index (χ3v) is 2.64. The molecule has 2 nitrogen and oxygen atoms in total. The fraction of sp³-hybridized carbons (Fsp3) is 0.571. The van der Waals surface area contributed by atoms with Crippen molar-refractivity contribution in [3.8, 4) is 5.75 Å². The van der Waals surface area contributed by atoms with Crippen LogP contribution in [0.15, 0.2) is 24.3 Å². The van der Waals surface area contributed by atoms with Gasteiger partial charge in [0, 0.05) is 0 Å². The Morgan fingerprint density at radius 3 is 2.62 bits per heavy atom. The zero-order chi connectivity index (χ0) is 11.8. The van der Waals surface area contributed by atoms with Gasteiger partial charge in [-0.3, -0.25) is 0 Å². The minimum Gasteiger partial charge on any atom is -0.494 e. The first-order chi connectivity index (χ1) is 7.77. The van der Waals surface area contributed by atoms with Gasteiger partial charge in [0.2, 0.25) is 0 Å². The SMILES string of the molecule is CCCC(O)CCc1ccccc1OCC. The number of ether oxygens (including phenoxy) is 1. The Morgan fingerprint density at radius 1 is 1.19 bits per heavy atom. The van der Waals surface area contributed by atoms with Crippen LogP contribution in [-0.2, 0) is 6.42 Å². The Morgan fingerprint density at radius 2 is 1.94 bits per heavy atom. The quantitative estimate of drug-likeness (QED) is 0.767. The van der Waals surface area contributed by atoms with Gasteiger partial charge in [-0.05, 0) is 37.8 Å². The van der Waals surface area contributed by atoms with Gasteiger partial charge in [-0.1, -0.05) is 31.5 Å². The van der Waals surface area contributed by atoms with E-state index in [0.717, 1.165) is 31.4 Å². The lowest BCUT2D eigenvalue weighted by Gasteiger charge is -2.12. The minimum absolute atomic E-state index is 0.181. The zero-order valence-corrected chi connectivity index (χ0v) is 10.3. The van der Waals surface area contributed by atoms with Crippen LogP contribution in [-0.4, -0.2) is 17.8 Å². The third-order valence-electron chi connectivity index (χ3n) is 2.64. The van der Waals surface area contributed by atoms with Gasteiger partial charge in [-0.25, -0.2) is 0 Å². The molecule has 1 unspecified atom stereocenters. The van der Waals surface area contributed by atoms with Gasteiger partial charge in [0.15, 0.2) is 0 Å². The van der Waals surface area contributed by atoms with E-state index in [0.29, 0.717) is 6.61 Å². The Labute approximate surface area is 98.3 Å².